The molecule has 1 aromatic carbocycles. The Morgan fingerprint density at radius 3 is 2.10 bits per heavy atom. The topological polar surface area (TPSA) is 94.3 Å². The highest BCUT2D eigenvalue weighted by Gasteiger charge is 2.31. The zero-order valence-corrected chi connectivity index (χ0v) is 13.8. The molecule has 5 nitrogen and oxygen atoms in total. The van der Waals surface area contributed by atoms with Crippen LogP contribution in [0, 0.1) is 6.92 Å². The van der Waals surface area contributed by atoms with Crippen LogP contribution in [0.25, 0.3) is 0 Å². The minimum absolute atomic E-state index is 0.00149. The summed E-state index contributed by atoms with van der Waals surface area (Å²) in [5.41, 5.74) is 6.60. The van der Waals surface area contributed by atoms with Gasteiger partial charge < -0.3 is 5.73 Å². The molecule has 7 heteroatoms. The Labute approximate surface area is 121 Å². The summed E-state index contributed by atoms with van der Waals surface area (Å²) in [6.45, 7) is 6.36. The van der Waals surface area contributed by atoms with E-state index < -0.39 is 35.9 Å². The molecule has 0 radical (unpaired) electrons. The van der Waals surface area contributed by atoms with Crippen LogP contribution in [-0.4, -0.2) is 33.1 Å². The molecule has 114 valence electrons. The van der Waals surface area contributed by atoms with Crippen LogP contribution in [0.2, 0.25) is 0 Å². The lowest BCUT2D eigenvalue weighted by Gasteiger charge is -2.19. The van der Waals surface area contributed by atoms with Crippen LogP contribution in [0.4, 0.5) is 5.69 Å². The van der Waals surface area contributed by atoms with Crippen molar-refractivity contribution in [1.29, 1.82) is 0 Å². The quantitative estimate of drug-likeness (QED) is 0.850. The van der Waals surface area contributed by atoms with Crippen LogP contribution < -0.4 is 5.73 Å². The molecule has 0 aliphatic rings. The van der Waals surface area contributed by atoms with E-state index in [0.717, 1.165) is 0 Å². The maximum absolute atomic E-state index is 12.2. The first kappa shape index (κ1) is 17.0. The standard InChI is InChI=1S/C13H21NO4S2/c1-10-6-5-7-11(12(10)14)19(15,16)8-9-20(17,18)13(2,3)4/h5-7H,8-9,14H2,1-4H3. The number of rotatable bonds is 4. The normalized spacial score (nSPS) is 13.4. The van der Waals surface area contributed by atoms with E-state index in [-0.39, 0.29) is 10.6 Å². The van der Waals surface area contributed by atoms with Crippen molar-refractivity contribution in [2.75, 3.05) is 17.2 Å². The van der Waals surface area contributed by atoms with E-state index in [1.165, 1.54) is 6.07 Å². The molecule has 2 N–H and O–H groups in total. The summed E-state index contributed by atoms with van der Waals surface area (Å²) in [7, 11) is -7.19. The number of benzene rings is 1. The lowest BCUT2D eigenvalue weighted by molar-refractivity contribution is 0.559. The third-order valence-corrected chi connectivity index (χ3v) is 7.81. The summed E-state index contributed by atoms with van der Waals surface area (Å²) >= 11 is 0. The van der Waals surface area contributed by atoms with Gasteiger partial charge in [-0.2, -0.15) is 0 Å². The Bertz CT molecular complexity index is 698. The number of hydrogen-bond donors (Lipinski definition) is 1. The lowest BCUT2D eigenvalue weighted by Crippen LogP contribution is -2.33. The van der Waals surface area contributed by atoms with E-state index in [4.69, 9.17) is 5.73 Å². The molecule has 0 unspecified atom stereocenters. The Morgan fingerprint density at radius 1 is 1.05 bits per heavy atom. The van der Waals surface area contributed by atoms with Crippen molar-refractivity contribution in [3.8, 4) is 0 Å². The van der Waals surface area contributed by atoms with Crippen molar-refractivity contribution in [2.45, 2.75) is 37.3 Å². The predicted molar refractivity (Wildman–Crippen MR) is 81.2 cm³/mol. The average Bonchev–Trinajstić information content (AvgIpc) is 2.29. The molecule has 0 spiro atoms. The second kappa shape index (κ2) is 5.37. The molecular weight excluding hydrogens is 298 g/mol. The molecule has 0 bridgehead atoms. The van der Waals surface area contributed by atoms with Crippen LogP contribution in [0.1, 0.15) is 26.3 Å². The summed E-state index contributed by atoms with van der Waals surface area (Å²) in [4.78, 5) is 0.00149. The summed E-state index contributed by atoms with van der Waals surface area (Å²) in [6, 6.07) is 4.71. The van der Waals surface area contributed by atoms with E-state index in [1.807, 2.05) is 0 Å². The highest BCUT2D eigenvalue weighted by Crippen LogP contribution is 2.24. The minimum atomic E-state index is -3.71. The van der Waals surface area contributed by atoms with E-state index in [0.29, 0.717) is 5.56 Å². The van der Waals surface area contributed by atoms with E-state index in [9.17, 15) is 16.8 Å². The SMILES string of the molecule is Cc1cccc(S(=O)(=O)CCS(=O)(=O)C(C)(C)C)c1N. The van der Waals surface area contributed by atoms with Gasteiger partial charge in [0.15, 0.2) is 19.7 Å². The second-order valence-corrected chi connectivity index (χ2v) is 10.7. The fraction of sp³-hybridized carbons (Fsp3) is 0.538. The van der Waals surface area contributed by atoms with Gasteiger partial charge in [0.05, 0.1) is 26.8 Å². The monoisotopic (exact) mass is 319 g/mol. The highest BCUT2D eigenvalue weighted by molar-refractivity contribution is 7.95. The molecule has 0 aliphatic carbocycles. The molecule has 0 saturated carbocycles. The molecule has 0 aromatic heterocycles. The first-order valence-corrected chi connectivity index (χ1v) is 9.49. The van der Waals surface area contributed by atoms with Gasteiger partial charge in [-0.15, -0.1) is 0 Å². The number of nitrogen functional groups attached to an aromatic ring is 1. The van der Waals surface area contributed by atoms with Crippen molar-refractivity contribution >= 4 is 25.4 Å². The maximum Gasteiger partial charge on any atom is 0.181 e. The van der Waals surface area contributed by atoms with Crippen molar-refractivity contribution in [1.82, 2.24) is 0 Å². The molecule has 1 rings (SSSR count). The molecular formula is C13H21NO4S2. The van der Waals surface area contributed by atoms with Crippen LogP contribution in [0.15, 0.2) is 23.1 Å². The van der Waals surface area contributed by atoms with Gasteiger partial charge >= 0.3 is 0 Å². The Hall–Kier alpha value is -1.08. The Kier molecular flexibility index (Phi) is 4.55. The van der Waals surface area contributed by atoms with Gasteiger partial charge in [0, 0.05) is 0 Å². The zero-order valence-electron chi connectivity index (χ0n) is 12.2. The van der Waals surface area contributed by atoms with Gasteiger partial charge in [0.1, 0.15) is 0 Å². The number of aryl methyl sites for hydroxylation is 1. The number of nitrogens with two attached hydrogens (primary N) is 1. The van der Waals surface area contributed by atoms with Gasteiger partial charge in [0.2, 0.25) is 0 Å². The van der Waals surface area contributed by atoms with Crippen molar-refractivity contribution in [2.24, 2.45) is 0 Å². The minimum Gasteiger partial charge on any atom is -0.397 e. The Morgan fingerprint density at radius 2 is 1.60 bits per heavy atom. The maximum atomic E-state index is 12.2. The van der Waals surface area contributed by atoms with Gasteiger partial charge in [0.25, 0.3) is 0 Å². The molecule has 0 heterocycles. The zero-order chi connectivity index (χ0) is 15.8. The number of anilines is 1. The van der Waals surface area contributed by atoms with Crippen molar-refractivity contribution in [3.05, 3.63) is 23.8 Å². The van der Waals surface area contributed by atoms with Crippen LogP contribution >= 0.6 is 0 Å². The summed E-state index contributed by atoms with van der Waals surface area (Å²) in [5.74, 6) is -0.869. The first-order chi connectivity index (χ1) is 8.88. The lowest BCUT2D eigenvalue weighted by atomic mass is 10.2. The molecule has 0 atom stereocenters. The van der Waals surface area contributed by atoms with Gasteiger partial charge in [-0.05, 0) is 39.3 Å². The number of hydrogen-bond acceptors (Lipinski definition) is 5. The van der Waals surface area contributed by atoms with Crippen molar-refractivity contribution in [3.63, 3.8) is 0 Å². The van der Waals surface area contributed by atoms with Gasteiger partial charge in [-0.25, -0.2) is 16.8 Å². The Balaban J connectivity index is 3.07. The number of para-hydroxylation sites is 1. The smallest absolute Gasteiger partial charge is 0.181 e. The van der Waals surface area contributed by atoms with Crippen LogP contribution in [0.5, 0.6) is 0 Å². The van der Waals surface area contributed by atoms with E-state index in [2.05, 4.69) is 0 Å². The molecule has 0 aliphatic heterocycles. The third-order valence-electron chi connectivity index (χ3n) is 3.17. The number of sulfone groups is 2. The van der Waals surface area contributed by atoms with E-state index in [1.54, 1.807) is 39.8 Å². The summed E-state index contributed by atoms with van der Waals surface area (Å²) in [5, 5.41) is 0. The van der Waals surface area contributed by atoms with Gasteiger partial charge in [-0.1, -0.05) is 12.1 Å². The highest BCUT2D eigenvalue weighted by atomic mass is 32.2. The average molecular weight is 319 g/mol. The van der Waals surface area contributed by atoms with Gasteiger partial charge in [-0.3, -0.25) is 0 Å². The second-order valence-electron chi connectivity index (χ2n) is 5.74. The van der Waals surface area contributed by atoms with Crippen LogP contribution in [0.3, 0.4) is 0 Å². The van der Waals surface area contributed by atoms with E-state index >= 15 is 0 Å². The predicted octanol–water partition coefficient (Wildman–Crippen LogP) is 1.56. The molecule has 0 amide bonds. The van der Waals surface area contributed by atoms with Crippen molar-refractivity contribution < 1.29 is 16.8 Å². The fourth-order valence-corrected chi connectivity index (χ4v) is 4.93. The molecule has 1 aromatic rings. The summed E-state index contributed by atoms with van der Waals surface area (Å²) < 4.78 is 47.5. The summed E-state index contributed by atoms with van der Waals surface area (Å²) in [6.07, 6.45) is 0. The largest absolute Gasteiger partial charge is 0.397 e. The molecule has 0 fully saturated rings. The third kappa shape index (κ3) is 3.52. The fourth-order valence-electron chi connectivity index (χ4n) is 1.56. The first-order valence-electron chi connectivity index (χ1n) is 6.18. The van der Waals surface area contributed by atoms with Crippen LogP contribution in [-0.2, 0) is 19.7 Å². The molecule has 0 saturated heterocycles. The molecule has 20 heavy (non-hydrogen) atoms.